The quantitative estimate of drug-likeness (QED) is 0.780. The number of hydrogen-bond donors (Lipinski definition) is 1. The molecule has 0 bridgehead atoms. The Balaban J connectivity index is 1.65. The molecule has 2 N–H and O–H groups in total. The normalized spacial score (nSPS) is 17.1. The molecule has 3 aromatic rings. The van der Waals surface area contributed by atoms with E-state index in [0.717, 1.165) is 19.3 Å². The minimum absolute atomic E-state index is 0.304. The Hall–Kier alpha value is -2.41. The van der Waals surface area contributed by atoms with Gasteiger partial charge >= 0.3 is 0 Å². The largest absolute Gasteiger partial charge is 0.461 e. The van der Waals surface area contributed by atoms with Gasteiger partial charge in [0.15, 0.2) is 17.3 Å². The molecule has 0 unspecified atom stereocenters. The predicted octanol–water partition coefficient (Wildman–Crippen LogP) is 2.32. The Kier molecular flexibility index (Phi) is 2.31. The molecular formula is C13H12N4O3. The van der Waals surface area contributed by atoms with Gasteiger partial charge in [-0.3, -0.25) is 0 Å². The highest BCUT2D eigenvalue weighted by Gasteiger charge is 2.39. The van der Waals surface area contributed by atoms with Crippen molar-refractivity contribution in [1.29, 1.82) is 0 Å². The van der Waals surface area contributed by atoms with E-state index < -0.39 is 5.54 Å². The van der Waals surface area contributed by atoms with Crippen molar-refractivity contribution in [2.45, 2.75) is 24.8 Å². The summed E-state index contributed by atoms with van der Waals surface area (Å²) in [5.41, 5.74) is 6.18. The Bertz CT molecular complexity index is 724. The molecule has 7 nitrogen and oxygen atoms in total. The Labute approximate surface area is 113 Å². The van der Waals surface area contributed by atoms with Crippen molar-refractivity contribution in [3.8, 4) is 23.1 Å². The third-order valence-corrected chi connectivity index (χ3v) is 3.61. The van der Waals surface area contributed by atoms with Crippen molar-refractivity contribution in [3.63, 3.8) is 0 Å². The first-order valence-corrected chi connectivity index (χ1v) is 6.39. The SMILES string of the molecule is NC1(c2noc(-c3cc(-c4ccco4)on3)n2)CCC1. The van der Waals surface area contributed by atoms with Gasteiger partial charge in [-0.25, -0.2) is 0 Å². The fourth-order valence-corrected chi connectivity index (χ4v) is 2.22. The van der Waals surface area contributed by atoms with Crippen LogP contribution in [0.1, 0.15) is 25.1 Å². The maximum absolute atomic E-state index is 6.15. The van der Waals surface area contributed by atoms with Gasteiger partial charge in [-0.1, -0.05) is 10.3 Å². The van der Waals surface area contributed by atoms with Crippen molar-refractivity contribution in [2.24, 2.45) is 5.73 Å². The highest BCUT2D eigenvalue weighted by Crippen LogP contribution is 2.37. The second-order valence-corrected chi connectivity index (χ2v) is 4.99. The van der Waals surface area contributed by atoms with Crippen LogP contribution >= 0.6 is 0 Å². The highest BCUT2D eigenvalue weighted by atomic mass is 16.5. The first kappa shape index (κ1) is 11.4. The van der Waals surface area contributed by atoms with Crippen LogP contribution in [0, 0.1) is 0 Å². The van der Waals surface area contributed by atoms with Crippen LogP contribution in [-0.2, 0) is 5.54 Å². The van der Waals surface area contributed by atoms with Crippen LogP contribution in [0.3, 0.4) is 0 Å². The lowest BCUT2D eigenvalue weighted by molar-refractivity contribution is 0.229. The maximum atomic E-state index is 6.15. The van der Waals surface area contributed by atoms with E-state index >= 15 is 0 Å². The standard InChI is InChI=1S/C13H12N4O3/c14-13(4-2-5-13)12-15-11(20-17-12)8-7-10(19-16-8)9-3-1-6-18-9/h1,3,6-7H,2,4-5,14H2. The minimum Gasteiger partial charge on any atom is -0.461 e. The monoisotopic (exact) mass is 272 g/mol. The summed E-state index contributed by atoms with van der Waals surface area (Å²) in [6.07, 6.45) is 4.41. The molecule has 1 fully saturated rings. The van der Waals surface area contributed by atoms with Crippen molar-refractivity contribution in [2.75, 3.05) is 0 Å². The zero-order valence-electron chi connectivity index (χ0n) is 10.6. The van der Waals surface area contributed by atoms with Gasteiger partial charge < -0.3 is 19.2 Å². The molecule has 7 heteroatoms. The molecule has 0 radical (unpaired) electrons. The lowest BCUT2D eigenvalue weighted by Crippen LogP contribution is -2.44. The minimum atomic E-state index is -0.449. The molecule has 0 aromatic carbocycles. The average Bonchev–Trinajstić information content (AvgIpc) is 3.13. The fourth-order valence-electron chi connectivity index (χ4n) is 2.22. The number of rotatable bonds is 3. The molecule has 20 heavy (non-hydrogen) atoms. The van der Waals surface area contributed by atoms with Crippen molar-refractivity contribution in [1.82, 2.24) is 15.3 Å². The fraction of sp³-hybridized carbons (Fsp3) is 0.308. The smallest absolute Gasteiger partial charge is 0.280 e. The van der Waals surface area contributed by atoms with Gasteiger partial charge in [0.05, 0.1) is 11.8 Å². The summed E-state index contributed by atoms with van der Waals surface area (Å²) in [6.45, 7) is 0. The summed E-state index contributed by atoms with van der Waals surface area (Å²) in [4.78, 5) is 4.31. The van der Waals surface area contributed by atoms with Crippen LogP contribution in [-0.4, -0.2) is 15.3 Å². The van der Waals surface area contributed by atoms with Crippen LogP contribution in [0.15, 0.2) is 37.9 Å². The van der Waals surface area contributed by atoms with E-state index in [2.05, 4.69) is 15.3 Å². The zero-order chi connectivity index (χ0) is 13.6. The van der Waals surface area contributed by atoms with E-state index in [0.29, 0.717) is 28.9 Å². The lowest BCUT2D eigenvalue weighted by atomic mass is 9.77. The van der Waals surface area contributed by atoms with Gasteiger partial charge in [-0.15, -0.1) is 0 Å². The summed E-state index contributed by atoms with van der Waals surface area (Å²) < 4.78 is 15.6. The van der Waals surface area contributed by atoms with Crippen LogP contribution < -0.4 is 5.73 Å². The van der Waals surface area contributed by atoms with Gasteiger partial charge in [0.25, 0.3) is 5.89 Å². The maximum Gasteiger partial charge on any atom is 0.280 e. The third kappa shape index (κ3) is 1.67. The molecule has 1 aliphatic carbocycles. The highest BCUT2D eigenvalue weighted by molar-refractivity contribution is 5.57. The molecule has 102 valence electrons. The number of nitrogens with zero attached hydrogens (tertiary/aromatic N) is 3. The van der Waals surface area contributed by atoms with Gasteiger partial charge in [0.2, 0.25) is 5.76 Å². The number of aromatic nitrogens is 3. The van der Waals surface area contributed by atoms with E-state index in [1.165, 1.54) is 0 Å². The summed E-state index contributed by atoms with van der Waals surface area (Å²) in [5.74, 6) is 1.94. The number of hydrogen-bond acceptors (Lipinski definition) is 7. The van der Waals surface area contributed by atoms with E-state index in [1.54, 1.807) is 24.5 Å². The van der Waals surface area contributed by atoms with Crippen LogP contribution in [0.25, 0.3) is 23.1 Å². The summed E-state index contributed by atoms with van der Waals surface area (Å²) in [5, 5.41) is 7.85. The van der Waals surface area contributed by atoms with Crippen molar-refractivity contribution >= 4 is 0 Å². The number of nitrogens with two attached hydrogens (primary N) is 1. The summed E-state index contributed by atoms with van der Waals surface area (Å²) >= 11 is 0. The summed E-state index contributed by atoms with van der Waals surface area (Å²) in [7, 11) is 0. The molecular weight excluding hydrogens is 260 g/mol. The van der Waals surface area contributed by atoms with Gasteiger partial charge in [0, 0.05) is 6.07 Å². The Morgan fingerprint density at radius 2 is 2.05 bits per heavy atom. The van der Waals surface area contributed by atoms with Crippen LogP contribution in [0.2, 0.25) is 0 Å². The van der Waals surface area contributed by atoms with Gasteiger partial charge in [-0.05, 0) is 31.4 Å². The van der Waals surface area contributed by atoms with Crippen LogP contribution in [0.4, 0.5) is 0 Å². The first-order valence-electron chi connectivity index (χ1n) is 6.39. The van der Waals surface area contributed by atoms with Gasteiger partial charge in [0.1, 0.15) is 0 Å². The molecule has 0 amide bonds. The Morgan fingerprint density at radius 1 is 1.15 bits per heavy atom. The molecule has 0 aliphatic heterocycles. The van der Waals surface area contributed by atoms with Crippen molar-refractivity contribution in [3.05, 3.63) is 30.3 Å². The lowest BCUT2D eigenvalue weighted by Gasteiger charge is -2.34. The summed E-state index contributed by atoms with van der Waals surface area (Å²) in [6, 6.07) is 5.25. The molecule has 0 spiro atoms. The molecule has 3 aromatic heterocycles. The third-order valence-electron chi connectivity index (χ3n) is 3.61. The molecule has 1 saturated carbocycles. The van der Waals surface area contributed by atoms with Crippen LogP contribution in [0.5, 0.6) is 0 Å². The predicted molar refractivity (Wildman–Crippen MR) is 67.2 cm³/mol. The molecule has 0 saturated heterocycles. The molecule has 4 rings (SSSR count). The van der Waals surface area contributed by atoms with E-state index in [4.69, 9.17) is 19.2 Å². The van der Waals surface area contributed by atoms with E-state index in [1.807, 2.05) is 0 Å². The molecule has 3 heterocycles. The van der Waals surface area contributed by atoms with E-state index in [-0.39, 0.29) is 0 Å². The second kappa shape index (κ2) is 4.04. The van der Waals surface area contributed by atoms with Crippen molar-refractivity contribution < 1.29 is 13.5 Å². The average molecular weight is 272 g/mol. The molecule has 0 atom stereocenters. The second-order valence-electron chi connectivity index (χ2n) is 4.99. The van der Waals surface area contributed by atoms with E-state index in [9.17, 15) is 0 Å². The van der Waals surface area contributed by atoms with Gasteiger partial charge in [-0.2, -0.15) is 4.98 Å². The first-order chi connectivity index (χ1) is 9.74. The molecule has 1 aliphatic rings. The Morgan fingerprint density at radius 3 is 2.75 bits per heavy atom. The topological polar surface area (TPSA) is 104 Å². The zero-order valence-corrected chi connectivity index (χ0v) is 10.6. The number of furan rings is 1.